The second-order valence-corrected chi connectivity index (χ2v) is 11.3. The molecule has 2 radical (unpaired) electrons. The summed E-state index contributed by atoms with van der Waals surface area (Å²) < 4.78 is 0. The van der Waals surface area contributed by atoms with Gasteiger partial charge < -0.3 is 4.90 Å². The maximum Gasteiger partial charge on any atom is 0.126 e. The zero-order chi connectivity index (χ0) is 23.8. The van der Waals surface area contributed by atoms with Gasteiger partial charge in [0, 0.05) is 23.5 Å². The highest BCUT2D eigenvalue weighted by Crippen LogP contribution is 2.43. The van der Waals surface area contributed by atoms with Gasteiger partial charge >= 0.3 is 0 Å². The Hall–Kier alpha value is -3.42. The van der Waals surface area contributed by atoms with Crippen molar-refractivity contribution in [1.29, 1.82) is 5.26 Å². The van der Waals surface area contributed by atoms with Crippen LogP contribution in [-0.2, 0) is 0 Å². The van der Waals surface area contributed by atoms with E-state index < -0.39 is 0 Å². The Morgan fingerprint density at radius 3 is 2.77 bits per heavy atom. The smallest absolute Gasteiger partial charge is 0.126 e. The van der Waals surface area contributed by atoms with Gasteiger partial charge in [-0.15, -0.1) is 0 Å². The average Bonchev–Trinajstić information content (AvgIpc) is 2.92. The molecule has 0 fully saturated rings. The first-order valence-corrected chi connectivity index (χ1v) is 13.7. The summed E-state index contributed by atoms with van der Waals surface area (Å²) in [4.78, 5) is 7.23. The third-order valence-corrected chi connectivity index (χ3v) is 9.24. The van der Waals surface area contributed by atoms with Crippen molar-refractivity contribution in [2.75, 3.05) is 4.90 Å². The van der Waals surface area contributed by atoms with E-state index in [1.165, 1.54) is 27.3 Å². The van der Waals surface area contributed by atoms with Crippen LogP contribution in [0.3, 0.4) is 0 Å². The van der Waals surface area contributed by atoms with E-state index >= 15 is 0 Å². The lowest BCUT2D eigenvalue weighted by Crippen LogP contribution is -2.49. The first-order chi connectivity index (χ1) is 17.2. The summed E-state index contributed by atoms with van der Waals surface area (Å²) in [5, 5.41) is 12.1. The fourth-order valence-electron chi connectivity index (χ4n) is 6.10. The number of para-hydroxylation sites is 1. The number of fused-ring (bicyclic) bond motifs is 1. The van der Waals surface area contributed by atoms with Gasteiger partial charge in [0.25, 0.3) is 0 Å². The fourth-order valence-corrected chi connectivity index (χ4v) is 7.49. The summed E-state index contributed by atoms with van der Waals surface area (Å²) >= 11 is 0. The number of nitrogens with zero attached hydrogens (tertiary/aromatic N) is 3. The highest BCUT2D eigenvalue weighted by atomic mass is 28.2. The average molecular weight is 472 g/mol. The maximum absolute atomic E-state index is 9.08. The molecule has 1 aliphatic heterocycles. The van der Waals surface area contributed by atoms with E-state index in [0.29, 0.717) is 23.4 Å². The van der Waals surface area contributed by atoms with E-state index in [2.05, 4.69) is 83.6 Å². The molecule has 3 atom stereocenters. The van der Waals surface area contributed by atoms with Gasteiger partial charge in [-0.3, -0.25) is 4.98 Å². The molecule has 3 nitrogen and oxygen atoms in total. The number of anilines is 1. The number of benzene rings is 1. The number of hydrogen-bond acceptors (Lipinski definition) is 3. The van der Waals surface area contributed by atoms with Gasteiger partial charge in [0.2, 0.25) is 0 Å². The van der Waals surface area contributed by atoms with Crippen molar-refractivity contribution in [3.8, 4) is 6.07 Å². The molecular weight excluding hydrogens is 442 g/mol. The molecule has 0 saturated carbocycles. The molecule has 0 spiro atoms. The zero-order valence-corrected chi connectivity index (χ0v) is 21.1. The molecule has 4 aliphatic rings. The predicted molar refractivity (Wildman–Crippen MR) is 144 cm³/mol. The van der Waals surface area contributed by atoms with Crippen molar-refractivity contribution in [3.63, 3.8) is 0 Å². The quantitative estimate of drug-likeness (QED) is 0.404. The minimum absolute atomic E-state index is 0.343. The predicted octanol–water partition coefficient (Wildman–Crippen LogP) is 6.05. The summed E-state index contributed by atoms with van der Waals surface area (Å²) in [5.74, 6) is 1.08. The maximum atomic E-state index is 9.08. The molecule has 0 N–H and O–H groups in total. The normalized spacial score (nSPS) is 25.4. The van der Waals surface area contributed by atoms with Gasteiger partial charge in [-0.25, -0.2) is 0 Å². The molecule has 0 amide bonds. The first-order valence-electron chi connectivity index (χ1n) is 12.7. The van der Waals surface area contributed by atoms with E-state index in [1.54, 1.807) is 11.8 Å². The summed E-state index contributed by atoms with van der Waals surface area (Å²) in [5.41, 5.74) is 7.36. The van der Waals surface area contributed by atoms with Gasteiger partial charge in [-0.05, 0) is 72.2 Å². The van der Waals surface area contributed by atoms with Crippen molar-refractivity contribution >= 4 is 26.0 Å². The summed E-state index contributed by atoms with van der Waals surface area (Å²) in [7, 11) is 0.750. The molecule has 0 saturated heterocycles. The lowest BCUT2D eigenvalue weighted by atomic mass is 9.72. The lowest BCUT2D eigenvalue weighted by molar-refractivity contribution is 0.348. The number of nitriles is 1. The molecule has 35 heavy (non-hydrogen) atoms. The van der Waals surface area contributed by atoms with Crippen molar-refractivity contribution in [1.82, 2.24) is 4.98 Å². The highest BCUT2D eigenvalue weighted by molar-refractivity contribution is 6.64. The number of allylic oxidation sites excluding steroid dienone is 8. The Bertz CT molecular complexity index is 1340. The standard InChI is InChI=1S/C31H29N3Si/c1-21-7-6-10-28(34-26-8-2-4-11-29(26)35-30-12-5-3-9-27(30)34)31(21)24-16-14-23(15-17-24)25-18-13-22(19-32)20-33-25/h2,4-6,8,10-14,16,18,20-21,28,31H,3,7,9,15,17H2,1H3/t21-,28?,31?/m1/s1. The molecule has 2 aromatic rings. The monoisotopic (exact) mass is 471 g/mol. The van der Waals surface area contributed by atoms with Crippen LogP contribution in [0.15, 0.2) is 95.5 Å². The molecule has 3 aliphatic carbocycles. The van der Waals surface area contributed by atoms with E-state index in [1.807, 2.05) is 12.1 Å². The summed E-state index contributed by atoms with van der Waals surface area (Å²) in [6, 6.07) is 15.4. The fraction of sp³-hybridized carbons (Fsp3) is 0.290. The molecule has 1 aromatic heterocycles. The van der Waals surface area contributed by atoms with Crippen LogP contribution >= 0.6 is 0 Å². The van der Waals surface area contributed by atoms with Crippen LogP contribution in [0.1, 0.15) is 50.3 Å². The van der Waals surface area contributed by atoms with E-state index in [9.17, 15) is 0 Å². The molecule has 0 bridgehead atoms. The molecule has 6 rings (SSSR count). The van der Waals surface area contributed by atoms with Crippen LogP contribution in [0, 0.1) is 23.2 Å². The van der Waals surface area contributed by atoms with Crippen LogP contribution in [0.5, 0.6) is 0 Å². The number of pyridine rings is 1. The van der Waals surface area contributed by atoms with Gasteiger partial charge in [0.1, 0.15) is 15.6 Å². The third kappa shape index (κ3) is 4.04. The Balaban J connectivity index is 1.37. The largest absolute Gasteiger partial charge is 0.338 e. The van der Waals surface area contributed by atoms with E-state index in [-0.39, 0.29) is 0 Å². The molecule has 4 heteroatoms. The Kier molecular flexibility index (Phi) is 5.88. The van der Waals surface area contributed by atoms with Gasteiger partial charge in [-0.1, -0.05) is 67.2 Å². The molecule has 172 valence electrons. The zero-order valence-electron chi connectivity index (χ0n) is 20.1. The molecule has 1 aromatic carbocycles. The van der Waals surface area contributed by atoms with Gasteiger partial charge in [0.15, 0.2) is 0 Å². The highest BCUT2D eigenvalue weighted by Gasteiger charge is 2.39. The Labute approximate surface area is 210 Å². The van der Waals surface area contributed by atoms with Gasteiger partial charge in [-0.2, -0.15) is 5.26 Å². The van der Waals surface area contributed by atoms with Crippen molar-refractivity contribution in [3.05, 3.63) is 107 Å². The van der Waals surface area contributed by atoms with Crippen LogP contribution < -0.4 is 10.1 Å². The second kappa shape index (κ2) is 9.32. The second-order valence-electron chi connectivity index (χ2n) is 9.95. The van der Waals surface area contributed by atoms with Crippen LogP contribution in [0.4, 0.5) is 5.69 Å². The molecule has 2 unspecified atom stereocenters. The number of hydrogen-bond donors (Lipinski definition) is 0. The van der Waals surface area contributed by atoms with Crippen LogP contribution in [0.2, 0.25) is 0 Å². The number of aromatic nitrogens is 1. The Morgan fingerprint density at radius 2 is 1.97 bits per heavy atom. The first kappa shape index (κ1) is 22.1. The van der Waals surface area contributed by atoms with Gasteiger partial charge in [0.05, 0.1) is 17.3 Å². The SMILES string of the molecule is C[C@@H]1CC=CC(N2C3=C(C=CCC3)[Si]c3ccccc32)C1C1=CC=C(c2ccc(C#N)cn2)CC1. The summed E-state index contributed by atoms with van der Waals surface area (Å²) in [6.07, 6.45) is 21.4. The summed E-state index contributed by atoms with van der Waals surface area (Å²) in [6.45, 7) is 2.43. The third-order valence-electron chi connectivity index (χ3n) is 7.82. The topological polar surface area (TPSA) is 39.9 Å². The number of rotatable bonds is 3. The van der Waals surface area contributed by atoms with Crippen molar-refractivity contribution in [2.24, 2.45) is 11.8 Å². The van der Waals surface area contributed by atoms with Crippen LogP contribution in [-0.4, -0.2) is 20.5 Å². The molecular formula is C31H29N3Si. The minimum atomic E-state index is 0.343. The van der Waals surface area contributed by atoms with Crippen LogP contribution in [0.25, 0.3) is 5.57 Å². The Morgan fingerprint density at radius 1 is 1.06 bits per heavy atom. The van der Waals surface area contributed by atoms with E-state index in [4.69, 9.17) is 5.26 Å². The van der Waals surface area contributed by atoms with Crippen molar-refractivity contribution < 1.29 is 0 Å². The van der Waals surface area contributed by atoms with E-state index in [0.717, 1.165) is 47.3 Å². The minimum Gasteiger partial charge on any atom is -0.338 e. The molecule has 2 heterocycles. The lowest BCUT2D eigenvalue weighted by Gasteiger charge is -2.47. The van der Waals surface area contributed by atoms with Crippen molar-refractivity contribution in [2.45, 2.75) is 45.1 Å².